The predicted octanol–water partition coefficient (Wildman–Crippen LogP) is 4.65. The van der Waals surface area contributed by atoms with Crippen LogP contribution in [0.5, 0.6) is 0 Å². The third kappa shape index (κ3) is 4.74. The number of aldehydes is 1. The van der Waals surface area contributed by atoms with Crippen molar-refractivity contribution >= 4 is 25.0 Å². The molecule has 4 aromatic rings. The number of carbonyl (C=O) groups is 1. The third-order valence-corrected chi connectivity index (χ3v) is 10.7. The molecule has 2 heterocycles. The van der Waals surface area contributed by atoms with Crippen molar-refractivity contribution in [1.29, 1.82) is 0 Å². The van der Waals surface area contributed by atoms with Gasteiger partial charge in [0.05, 0.1) is 0 Å². The lowest BCUT2D eigenvalue weighted by atomic mass is 10.2. The van der Waals surface area contributed by atoms with Crippen LogP contribution in [0, 0.1) is 0 Å². The van der Waals surface area contributed by atoms with E-state index in [1.807, 2.05) is 12.1 Å². The molecule has 0 amide bonds. The quantitative estimate of drug-likeness (QED) is 0.205. The van der Waals surface area contributed by atoms with Gasteiger partial charge in [0.25, 0.3) is 8.32 Å². The van der Waals surface area contributed by atoms with E-state index in [0.717, 1.165) is 6.42 Å². The van der Waals surface area contributed by atoms with Gasteiger partial charge in [-0.05, 0) is 21.8 Å². The van der Waals surface area contributed by atoms with Crippen LogP contribution in [0.25, 0.3) is 11.6 Å². The van der Waals surface area contributed by atoms with Crippen molar-refractivity contribution in [1.82, 2.24) is 9.97 Å². The lowest BCUT2D eigenvalue weighted by Gasteiger charge is -2.43. The highest BCUT2D eigenvalue weighted by molar-refractivity contribution is 6.99. The van der Waals surface area contributed by atoms with Crippen LogP contribution in [0.3, 0.4) is 0 Å². The Morgan fingerprint density at radius 1 is 0.909 bits per heavy atom. The minimum absolute atomic E-state index is 0.0624. The van der Waals surface area contributed by atoms with Gasteiger partial charge in [0.1, 0.15) is 18.2 Å². The van der Waals surface area contributed by atoms with Crippen molar-refractivity contribution in [3.05, 3.63) is 84.8 Å². The summed E-state index contributed by atoms with van der Waals surface area (Å²) in [6, 6.07) is 21.2. The van der Waals surface area contributed by atoms with Crippen molar-refractivity contribution in [2.24, 2.45) is 0 Å². The fraction of sp³-hybridized carbons (Fsp3) is 0.269. The first-order valence-corrected chi connectivity index (χ1v) is 13.0. The first-order chi connectivity index (χ1) is 15.9. The SMILES string of the molecule is CC(C)(C)[Si](OCCCc1nc(-c2nc(C=O)co2)co1)(c1ccccc1)c1ccccc1. The maximum atomic E-state index is 10.8. The molecule has 2 aromatic carbocycles. The van der Waals surface area contributed by atoms with Crippen LogP contribution in [-0.2, 0) is 10.8 Å². The molecule has 0 N–H and O–H groups in total. The van der Waals surface area contributed by atoms with Crippen LogP contribution < -0.4 is 10.4 Å². The lowest BCUT2D eigenvalue weighted by molar-refractivity contribution is 0.111. The van der Waals surface area contributed by atoms with Gasteiger partial charge in [-0.15, -0.1) is 0 Å². The van der Waals surface area contributed by atoms with E-state index in [9.17, 15) is 4.79 Å². The first-order valence-electron chi connectivity index (χ1n) is 11.0. The first kappa shape index (κ1) is 22.9. The van der Waals surface area contributed by atoms with Gasteiger partial charge < -0.3 is 13.3 Å². The van der Waals surface area contributed by atoms with E-state index in [2.05, 4.69) is 79.3 Å². The standard InChI is InChI=1S/C26H28N2O4Si/c1-26(2,3)33(21-11-6-4-7-12-21,22-13-8-5-9-14-22)32-16-10-15-24-28-23(19-30-24)25-27-20(17-29)18-31-25/h4-9,11-14,17-19H,10,15-16H2,1-3H3. The molecule has 0 saturated heterocycles. The summed E-state index contributed by atoms with van der Waals surface area (Å²) in [5.41, 5.74) is 0.708. The molecular weight excluding hydrogens is 432 g/mol. The smallest absolute Gasteiger partial charge is 0.261 e. The molecule has 0 aliphatic heterocycles. The summed E-state index contributed by atoms with van der Waals surface area (Å²) in [6.07, 6.45) is 4.82. The van der Waals surface area contributed by atoms with Gasteiger partial charge in [0, 0.05) is 13.0 Å². The molecular formula is C26H28N2O4Si. The second kappa shape index (κ2) is 9.68. The van der Waals surface area contributed by atoms with E-state index in [4.69, 9.17) is 13.3 Å². The summed E-state index contributed by atoms with van der Waals surface area (Å²) >= 11 is 0. The van der Waals surface area contributed by atoms with Crippen LogP contribution in [0.2, 0.25) is 5.04 Å². The molecule has 33 heavy (non-hydrogen) atoms. The minimum Gasteiger partial charge on any atom is -0.448 e. The highest BCUT2D eigenvalue weighted by Gasteiger charge is 2.49. The Bertz CT molecular complexity index is 1140. The zero-order valence-electron chi connectivity index (χ0n) is 19.2. The Morgan fingerprint density at radius 2 is 1.55 bits per heavy atom. The van der Waals surface area contributed by atoms with Crippen molar-refractivity contribution in [3.63, 3.8) is 0 Å². The Morgan fingerprint density at radius 3 is 2.09 bits per heavy atom. The average molecular weight is 461 g/mol. The summed E-state index contributed by atoms with van der Waals surface area (Å²) < 4.78 is 17.8. The molecule has 0 saturated carbocycles. The second-order valence-corrected chi connectivity index (χ2v) is 13.2. The molecule has 4 rings (SSSR count). The summed E-state index contributed by atoms with van der Waals surface area (Å²) in [5.74, 6) is 0.859. The highest BCUT2D eigenvalue weighted by Crippen LogP contribution is 2.36. The lowest BCUT2D eigenvalue weighted by Crippen LogP contribution is -2.66. The second-order valence-electron chi connectivity index (χ2n) is 8.94. The summed E-state index contributed by atoms with van der Waals surface area (Å²) in [7, 11) is -2.55. The number of nitrogens with zero attached hydrogens (tertiary/aromatic N) is 2. The van der Waals surface area contributed by atoms with Crippen LogP contribution in [-0.4, -0.2) is 31.2 Å². The number of hydrogen-bond acceptors (Lipinski definition) is 6. The van der Waals surface area contributed by atoms with Gasteiger partial charge in [-0.1, -0.05) is 81.4 Å². The normalized spacial score (nSPS) is 12.1. The van der Waals surface area contributed by atoms with Gasteiger partial charge in [-0.25, -0.2) is 9.97 Å². The topological polar surface area (TPSA) is 78.4 Å². The summed E-state index contributed by atoms with van der Waals surface area (Å²) in [6.45, 7) is 7.38. The molecule has 170 valence electrons. The molecule has 0 radical (unpaired) electrons. The molecule has 0 fully saturated rings. The fourth-order valence-electron chi connectivity index (χ4n) is 4.19. The molecule has 2 aromatic heterocycles. The summed E-state index contributed by atoms with van der Waals surface area (Å²) in [5, 5.41) is 2.46. The maximum absolute atomic E-state index is 10.8. The number of rotatable bonds is 9. The Balaban J connectivity index is 1.51. The number of oxazole rings is 2. The number of benzene rings is 2. The molecule has 7 heteroatoms. The largest absolute Gasteiger partial charge is 0.448 e. The molecule has 0 spiro atoms. The van der Waals surface area contributed by atoms with Crippen LogP contribution in [0.15, 0.2) is 82.0 Å². The fourth-order valence-corrected chi connectivity index (χ4v) is 8.80. The van der Waals surface area contributed by atoms with Gasteiger partial charge in [0.15, 0.2) is 17.9 Å². The van der Waals surface area contributed by atoms with Crippen molar-refractivity contribution in [2.45, 2.75) is 38.7 Å². The Labute approximate surface area is 194 Å². The van der Waals surface area contributed by atoms with E-state index >= 15 is 0 Å². The van der Waals surface area contributed by atoms with E-state index in [1.54, 1.807) is 0 Å². The van der Waals surface area contributed by atoms with Crippen molar-refractivity contribution in [2.75, 3.05) is 6.61 Å². The van der Waals surface area contributed by atoms with Crippen LogP contribution in [0.4, 0.5) is 0 Å². The van der Waals surface area contributed by atoms with Crippen LogP contribution >= 0.6 is 0 Å². The molecule has 6 nitrogen and oxygen atoms in total. The number of aryl methyl sites for hydroxylation is 1. The number of aromatic nitrogens is 2. The zero-order valence-corrected chi connectivity index (χ0v) is 20.2. The van der Waals surface area contributed by atoms with Gasteiger partial charge in [-0.2, -0.15) is 0 Å². The minimum atomic E-state index is -2.55. The predicted molar refractivity (Wildman–Crippen MR) is 129 cm³/mol. The van der Waals surface area contributed by atoms with Crippen molar-refractivity contribution < 1.29 is 18.1 Å². The molecule has 0 atom stereocenters. The van der Waals surface area contributed by atoms with Crippen molar-refractivity contribution in [3.8, 4) is 11.6 Å². The van der Waals surface area contributed by atoms with Crippen LogP contribution in [0.1, 0.15) is 43.6 Å². The maximum Gasteiger partial charge on any atom is 0.261 e. The highest BCUT2D eigenvalue weighted by atomic mass is 28.4. The van der Waals surface area contributed by atoms with Gasteiger partial charge in [-0.3, -0.25) is 4.79 Å². The monoisotopic (exact) mass is 460 g/mol. The van der Waals surface area contributed by atoms with Gasteiger partial charge in [0.2, 0.25) is 5.89 Å². The Kier molecular flexibility index (Phi) is 6.71. The van der Waals surface area contributed by atoms with Gasteiger partial charge >= 0.3 is 0 Å². The molecule has 0 unspecified atom stereocenters. The zero-order chi connectivity index (χ0) is 23.3. The summed E-state index contributed by atoms with van der Waals surface area (Å²) in [4.78, 5) is 19.3. The third-order valence-electron chi connectivity index (χ3n) is 5.68. The molecule has 0 aliphatic carbocycles. The average Bonchev–Trinajstić information content (AvgIpc) is 3.49. The van der Waals surface area contributed by atoms with E-state index < -0.39 is 8.32 Å². The van der Waals surface area contributed by atoms with E-state index in [1.165, 1.54) is 22.9 Å². The van der Waals surface area contributed by atoms with E-state index in [0.29, 0.717) is 30.9 Å². The van der Waals surface area contributed by atoms with E-state index in [-0.39, 0.29) is 16.6 Å². The molecule has 0 aliphatic rings. The number of hydrogen-bond donors (Lipinski definition) is 0. The number of carbonyl (C=O) groups excluding carboxylic acids is 1. The molecule has 0 bridgehead atoms. The Hall–Kier alpha value is -3.29.